The van der Waals surface area contributed by atoms with E-state index >= 15 is 0 Å². The number of halogens is 7. The minimum Gasteiger partial charge on any atom is -0.465 e. The summed E-state index contributed by atoms with van der Waals surface area (Å²) in [6.45, 7) is 0. The molecule has 0 aromatic rings. The Kier molecular flexibility index (Phi) is 3.56. The van der Waals surface area contributed by atoms with Crippen LogP contribution in [0.1, 0.15) is 0 Å². The average Bonchev–Trinajstić information content (AvgIpc) is 1.97. The van der Waals surface area contributed by atoms with Gasteiger partial charge in [-0.25, -0.2) is 9.53 Å². The van der Waals surface area contributed by atoms with Crippen molar-refractivity contribution in [3.05, 3.63) is 0 Å². The van der Waals surface area contributed by atoms with Gasteiger partial charge in [0.1, 0.15) is 0 Å². The predicted octanol–water partition coefficient (Wildman–Crippen LogP) is 1.92. The van der Waals surface area contributed by atoms with Crippen molar-refractivity contribution in [1.29, 1.82) is 0 Å². The molecule has 0 fully saturated rings. The third-order valence-corrected chi connectivity index (χ3v) is 1.07. The van der Waals surface area contributed by atoms with Crippen molar-refractivity contribution in [2.75, 3.05) is 7.11 Å². The Balaban J connectivity index is 5.14. The Morgan fingerprint density at radius 2 is 1.40 bits per heavy atom. The van der Waals surface area contributed by atoms with Gasteiger partial charge in [0.15, 0.2) is 0 Å². The maximum Gasteiger partial charge on any atom is 0.525 e. The molecular weight excluding hydrogens is 241 g/mol. The summed E-state index contributed by atoms with van der Waals surface area (Å²) in [5, 5.41) is 0. The Hall–Kier alpha value is -1.06. The fraction of sp³-hybridized carbons (Fsp3) is 0.800. The van der Waals surface area contributed by atoms with Crippen LogP contribution in [0.2, 0.25) is 0 Å². The number of rotatable bonds is 2. The Morgan fingerprint density at radius 3 is 1.60 bits per heavy atom. The van der Waals surface area contributed by atoms with Gasteiger partial charge in [-0.05, 0) is 0 Å². The molecule has 0 aromatic carbocycles. The molecule has 90 valence electrons. The van der Waals surface area contributed by atoms with E-state index in [1.807, 2.05) is 0 Å². The summed E-state index contributed by atoms with van der Waals surface area (Å²) in [5.41, 5.74) is 0. The van der Waals surface area contributed by atoms with Crippen LogP contribution < -0.4 is 0 Å². The molecule has 1 unspecified atom stereocenters. The fourth-order valence-corrected chi connectivity index (χ4v) is 0.506. The zero-order valence-electron chi connectivity index (χ0n) is 6.87. The summed E-state index contributed by atoms with van der Waals surface area (Å²) in [7, 11) is 0.280. The summed E-state index contributed by atoms with van der Waals surface area (Å²) in [5.74, 6) is -8.40. The van der Waals surface area contributed by atoms with Crippen molar-refractivity contribution in [3.8, 4) is 0 Å². The highest BCUT2D eigenvalue weighted by Crippen LogP contribution is 2.40. The first-order valence-corrected chi connectivity index (χ1v) is 3.05. The summed E-state index contributed by atoms with van der Waals surface area (Å²) >= 11 is 0. The number of methoxy groups -OCH3 is 1. The van der Waals surface area contributed by atoms with Crippen LogP contribution in [0.3, 0.4) is 0 Å². The Bertz CT molecular complexity index is 244. The maximum atomic E-state index is 12.6. The quantitative estimate of drug-likeness (QED) is 0.550. The van der Waals surface area contributed by atoms with E-state index in [-0.39, 0.29) is 7.11 Å². The van der Waals surface area contributed by atoms with E-state index in [1.165, 1.54) is 0 Å². The van der Waals surface area contributed by atoms with Crippen LogP contribution in [0, 0.1) is 0 Å². The van der Waals surface area contributed by atoms with Crippen LogP contribution in [0.4, 0.5) is 30.7 Å². The van der Waals surface area contributed by atoms with Gasteiger partial charge in [-0.1, -0.05) is 0 Å². The van der Waals surface area contributed by atoms with Gasteiger partial charge in [-0.15, -0.1) is 13.2 Å². The molecule has 0 saturated carbocycles. The number of carbonyl (C=O) groups excluding carboxylic acids is 1. The third kappa shape index (κ3) is 3.22. The van der Waals surface area contributed by atoms with E-state index in [0.717, 1.165) is 0 Å². The molecule has 0 bridgehead atoms. The van der Waals surface area contributed by atoms with E-state index in [2.05, 4.69) is 9.47 Å². The minimum absolute atomic E-state index is 0.280. The summed E-state index contributed by atoms with van der Waals surface area (Å²) < 4.78 is 87.5. The van der Waals surface area contributed by atoms with E-state index in [0.29, 0.717) is 0 Å². The maximum absolute atomic E-state index is 12.6. The van der Waals surface area contributed by atoms with Crippen molar-refractivity contribution in [1.82, 2.24) is 0 Å². The molecule has 15 heavy (non-hydrogen) atoms. The predicted molar refractivity (Wildman–Crippen MR) is 29.0 cm³/mol. The van der Waals surface area contributed by atoms with E-state index in [4.69, 9.17) is 0 Å². The first-order chi connectivity index (χ1) is 6.44. The van der Waals surface area contributed by atoms with Gasteiger partial charge >= 0.3 is 24.4 Å². The number of hydrogen-bond acceptors (Lipinski definition) is 3. The monoisotopic (exact) mass is 244 g/mol. The number of ether oxygens (including phenoxy) is 2. The molecular formula is C5H3F7O3. The highest BCUT2D eigenvalue weighted by molar-refractivity contribution is 5.78. The van der Waals surface area contributed by atoms with Gasteiger partial charge in [-0.3, -0.25) is 0 Å². The Labute approximate surface area is 77.7 Å². The van der Waals surface area contributed by atoms with Crippen LogP contribution in [-0.4, -0.2) is 31.5 Å². The summed E-state index contributed by atoms with van der Waals surface area (Å²) in [6.07, 6.45) is -12.2. The third-order valence-electron chi connectivity index (χ3n) is 1.07. The van der Waals surface area contributed by atoms with Crippen LogP contribution in [0.25, 0.3) is 0 Å². The highest BCUT2D eigenvalue weighted by atomic mass is 19.4. The first-order valence-electron chi connectivity index (χ1n) is 3.05. The van der Waals surface area contributed by atoms with Crippen LogP contribution in [0.5, 0.6) is 0 Å². The topological polar surface area (TPSA) is 35.5 Å². The van der Waals surface area contributed by atoms with Crippen LogP contribution in [0.15, 0.2) is 0 Å². The first kappa shape index (κ1) is 13.9. The molecule has 0 spiro atoms. The van der Waals surface area contributed by atoms with Crippen molar-refractivity contribution in [2.45, 2.75) is 18.4 Å². The lowest BCUT2D eigenvalue weighted by molar-refractivity contribution is -0.436. The molecule has 0 rings (SSSR count). The zero-order chi connectivity index (χ0) is 12.5. The largest absolute Gasteiger partial charge is 0.525 e. The second-order valence-corrected chi connectivity index (χ2v) is 2.13. The molecule has 0 aromatic heterocycles. The highest BCUT2D eigenvalue weighted by Gasteiger charge is 2.69. The van der Waals surface area contributed by atoms with Gasteiger partial charge in [0.05, 0.1) is 7.11 Å². The molecule has 0 amide bonds. The molecule has 0 aliphatic rings. The molecule has 0 heterocycles. The van der Waals surface area contributed by atoms with Gasteiger partial charge in [0.25, 0.3) is 0 Å². The van der Waals surface area contributed by atoms with Crippen molar-refractivity contribution in [3.63, 3.8) is 0 Å². The summed E-state index contributed by atoms with van der Waals surface area (Å²) in [6, 6.07) is 0. The van der Waals surface area contributed by atoms with E-state index < -0.39 is 24.4 Å². The molecule has 3 nitrogen and oxygen atoms in total. The lowest BCUT2D eigenvalue weighted by Gasteiger charge is -2.25. The van der Waals surface area contributed by atoms with Crippen molar-refractivity contribution < 1.29 is 45.0 Å². The normalized spacial score (nSPS) is 17.1. The number of hydrogen-bond donors (Lipinski definition) is 0. The van der Waals surface area contributed by atoms with Crippen molar-refractivity contribution in [2.24, 2.45) is 0 Å². The van der Waals surface area contributed by atoms with E-state index in [1.54, 1.807) is 0 Å². The van der Waals surface area contributed by atoms with Gasteiger partial charge in [-0.2, -0.15) is 17.6 Å². The molecule has 10 heteroatoms. The lowest BCUT2D eigenvalue weighted by Crippen LogP contribution is -2.53. The molecule has 0 radical (unpaired) electrons. The minimum atomic E-state index is -6.20. The number of esters is 1. The second-order valence-electron chi connectivity index (χ2n) is 2.13. The van der Waals surface area contributed by atoms with Gasteiger partial charge in [0, 0.05) is 0 Å². The van der Waals surface area contributed by atoms with Gasteiger partial charge < -0.3 is 4.74 Å². The Morgan fingerprint density at radius 1 is 1.00 bits per heavy atom. The second kappa shape index (κ2) is 3.83. The average molecular weight is 244 g/mol. The molecule has 0 N–H and O–H groups in total. The number of carbonyl (C=O) groups is 1. The number of alkyl halides is 7. The van der Waals surface area contributed by atoms with E-state index in [9.17, 15) is 35.5 Å². The fourth-order valence-electron chi connectivity index (χ4n) is 0.506. The van der Waals surface area contributed by atoms with Crippen molar-refractivity contribution >= 4 is 5.97 Å². The molecule has 1 atom stereocenters. The molecule has 0 aliphatic carbocycles. The van der Waals surface area contributed by atoms with Crippen LogP contribution >= 0.6 is 0 Å². The smallest absolute Gasteiger partial charge is 0.465 e. The van der Waals surface area contributed by atoms with Crippen LogP contribution in [-0.2, 0) is 14.3 Å². The zero-order valence-corrected chi connectivity index (χ0v) is 6.87. The summed E-state index contributed by atoms with van der Waals surface area (Å²) in [4.78, 5) is 10.2. The SMILES string of the molecule is COC(=O)C(F)(OC(F)(F)F)C(F)(F)F. The standard InChI is InChI=1S/C5H3F7O3/c1-14-2(13)3(6,4(7,8)9)15-5(10,11)12/h1H3. The molecule has 0 aliphatic heterocycles. The van der Waals surface area contributed by atoms with Gasteiger partial charge in [0.2, 0.25) is 0 Å². The lowest BCUT2D eigenvalue weighted by atomic mass is 10.3. The molecule has 0 saturated heterocycles.